The van der Waals surface area contributed by atoms with Crippen molar-refractivity contribution < 1.29 is 17.9 Å². The van der Waals surface area contributed by atoms with Crippen molar-refractivity contribution in [1.29, 1.82) is 0 Å². The highest BCUT2D eigenvalue weighted by molar-refractivity contribution is 7.89. The van der Waals surface area contributed by atoms with E-state index in [0.29, 0.717) is 50.7 Å². The van der Waals surface area contributed by atoms with Crippen molar-refractivity contribution >= 4 is 16.1 Å². The number of piperidine rings is 1. The van der Waals surface area contributed by atoms with Gasteiger partial charge in [0.05, 0.1) is 18.1 Å². The summed E-state index contributed by atoms with van der Waals surface area (Å²) < 4.78 is 32.5. The van der Waals surface area contributed by atoms with Gasteiger partial charge < -0.3 is 15.0 Å². The molecule has 0 aromatic heterocycles. The highest BCUT2D eigenvalue weighted by Crippen LogP contribution is 2.25. The molecule has 1 unspecified atom stereocenters. The molecule has 150 valence electrons. The SMILES string of the molecule is CC1CCCCN1S(=O)(=O)c1ccc(CCNC(=O)N2CCOCC2)cc1. The van der Waals surface area contributed by atoms with Crippen LogP contribution in [0.25, 0.3) is 0 Å². The summed E-state index contributed by atoms with van der Waals surface area (Å²) in [5, 5.41) is 2.91. The number of hydrogen-bond donors (Lipinski definition) is 1. The molecule has 7 nitrogen and oxygen atoms in total. The van der Waals surface area contributed by atoms with Gasteiger partial charge in [-0.2, -0.15) is 4.31 Å². The van der Waals surface area contributed by atoms with E-state index >= 15 is 0 Å². The Hall–Kier alpha value is -1.64. The van der Waals surface area contributed by atoms with Crippen molar-refractivity contribution in [1.82, 2.24) is 14.5 Å². The van der Waals surface area contributed by atoms with Crippen molar-refractivity contribution in [2.45, 2.75) is 43.5 Å². The molecule has 0 spiro atoms. The number of morpholine rings is 1. The first-order chi connectivity index (χ1) is 13.0. The summed E-state index contributed by atoms with van der Waals surface area (Å²) in [7, 11) is -3.43. The van der Waals surface area contributed by atoms with E-state index in [2.05, 4.69) is 5.32 Å². The molecule has 0 aliphatic carbocycles. The summed E-state index contributed by atoms with van der Waals surface area (Å²) in [4.78, 5) is 14.1. The van der Waals surface area contributed by atoms with Crippen LogP contribution < -0.4 is 5.32 Å². The molecular weight excluding hydrogens is 366 g/mol. The maximum Gasteiger partial charge on any atom is 0.317 e. The minimum Gasteiger partial charge on any atom is -0.378 e. The third kappa shape index (κ3) is 5.00. The summed E-state index contributed by atoms with van der Waals surface area (Å²) in [6.45, 7) is 5.49. The van der Waals surface area contributed by atoms with Crippen molar-refractivity contribution in [2.24, 2.45) is 0 Å². The van der Waals surface area contributed by atoms with E-state index in [0.717, 1.165) is 24.8 Å². The largest absolute Gasteiger partial charge is 0.378 e. The number of nitrogens with zero attached hydrogens (tertiary/aromatic N) is 2. The predicted octanol–water partition coefficient (Wildman–Crippen LogP) is 1.83. The minimum atomic E-state index is -3.43. The van der Waals surface area contributed by atoms with Gasteiger partial charge in [0, 0.05) is 32.2 Å². The van der Waals surface area contributed by atoms with Gasteiger partial charge in [0.15, 0.2) is 0 Å². The van der Waals surface area contributed by atoms with Gasteiger partial charge in [-0.3, -0.25) is 0 Å². The second kappa shape index (κ2) is 9.03. The molecular formula is C19H29N3O4S. The van der Waals surface area contributed by atoms with E-state index in [1.54, 1.807) is 21.3 Å². The molecule has 1 aromatic rings. The number of nitrogens with one attached hydrogen (secondary N) is 1. The lowest BCUT2D eigenvalue weighted by Crippen LogP contribution is -2.46. The van der Waals surface area contributed by atoms with Crippen LogP contribution in [0.4, 0.5) is 4.79 Å². The topological polar surface area (TPSA) is 79.0 Å². The van der Waals surface area contributed by atoms with Crippen LogP contribution in [0.2, 0.25) is 0 Å². The first-order valence-electron chi connectivity index (χ1n) is 9.70. The number of ether oxygens (including phenoxy) is 1. The Balaban J connectivity index is 1.53. The molecule has 2 fully saturated rings. The molecule has 2 amide bonds. The Morgan fingerprint density at radius 3 is 2.52 bits per heavy atom. The lowest BCUT2D eigenvalue weighted by Gasteiger charge is -2.32. The first kappa shape index (κ1) is 20.1. The Morgan fingerprint density at radius 2 is 1.85 bits per heavy atom. The van der Waals surface area contributed by atoms with Crippen LogP contribution in [0.1, 0.15) is 31.7 Å². The van der Waals surface area contributed by atoms with Crippen LogP contribution in [0.15, 0.2) is 29.2 Å². The van der Waals surface area contributed by atoms with Crippen LogP contribution >= 0.6 is 0 Å². The normalized spacial score (nSPS) is 21.8. The van der Waals surface area contributed by atoms with Gasteiger partial charge in [0.1, 0.15) is 0 Å². The number of amides is 2. The van der Waals surface area contributed by atoms with Crippen LogP contribution in [0.3, 0.4) is 0 Å². The second-order valence-electron chi connectivity index (χ2n) is 7.19. The van der Waals surface area contributed by atoms with E-state index in [9.17, 15) is 13.2 Å². The summed E-state index contributed by atoms with van der Waals surface area (Å²) in [6.07, 6.45) is 3.59. The van der Waals surface area contributed by atoms with Crippen LogP contribution in [0.5, 0.6) is 0 Å². The van der Waals surface area contributed by atoms with Crippen molar-refractivity contribution in [3.05, 3.63) is 29.8 Å². The van der Waals surface area contributed by atoms with Crippen LogP contribution in [0, 0.1) is 0 Å². The first-order valence-corrected chi connectivity index (χ1v) is 11.1. The third-order valence-electron chi connectivity index (χ3n) is 5.26. The molecule has 27 heavy (non-hydrogen) atoms. The molecule has 1 N–H and O–H groups in total. The van der Waals surface area contributed by atoms with Gasteiger partial charge in [-0.25, -0.2) is 13.2 Å². The minimum absolute atomic E-state index is 0.0545. The second-order valence-corrected chi connectivity index (χ2v) is 9.08. The Kier molecular flexibility index (Phi) is 6.73. The average Bonchev–Trinajstić information content (AvgIpc) is 2.69. The Labute approximate surface area is 161 Å². The zero-order valence-corrected chi connectivity index (χ0v) is 16.7. The molecule has 2 aliphatic heterocycles. The van der Waals surface area contributed by atoms with E-state index in [1.165, 1.54) is 0 Å². The monoisotopic (exact) mass is 395 g/mol. The maximum absolute atomic E-state index is 12.8. The van der Waals surface area contributed by atoms with Gasteiger partial charge in [-0.15, -0.1) is 0 Å². The summed E-state index contributed by atoms with van der Waals surface area (Å²) in [6, 6.07) is 7.01. The number of rotatable bonds is 5. The third-order valence-corrected chi connectivity index (χ3v) is 7.29. The lowest BCUT2D eigenvalue weighted by molar-refractivity contribution is 0.0533. The number of carbonyl (C=O) groups is 1. The molecule has 8 heteroatoms. The number of carbonyl (C=O) groups excluding carboxylic acids is 1. The fourth-order valence-electron chi connectivity index (χ4n) is 3.58. The number of benzene rings is 1. The summed E-state index contributed by atoms with van der Waals surface area (Å²) >= 11 is 0. The number of sulfonamides is 1. The predicted molar refractivity (Wildman–Crippen MR) is 103 cm³/mol. The fourth-order valence-corrected chi connectivity index (χ4v) is 5.28. The quantitative estimate of drug-likeness (QED) is 0.825. The molecule has 2 saturated heterocycles. The Morgan fingerprint density at radius 1 is 1.15 bits per heavy atom. The zero-order chi connectivity index (χ0) is 19.3. The van der Waals surface area contributed by atoms with Crippen molar-refractivity contribution in [2.75, 3.05) is 39.4 Å². The fraction of sp³-hybridized carbons (Fsp3) is 0.632. The molecule has 0 saturated carbocycles. The smallest absolute Gasteiger partial charge is 0.317 e. The summed E-state index contributed by atoms with van der Waals surface area (Å²) in [5.41, 5.74) is 1.00. The Bertz CT molecular complexity index is 730. The van der Waals surface area contributed by atoms with Gasteiger partial charge in [0.25, 0.3) is 0 Å². The molecule has 0 radical (unpaired) electrons. The maximum atomic E-state index is 12.8. The molecule has 2 heterocycles. The van der Waals surface area contributed by atoms with Gasteiger partial charge in [-0.1, -0.05) is 18.6 Å². The molecule has 1 aromatic carbocycles. The molecule has 2 aliphatic rings. The lowest BCUT2D eigenvalue weighted by atomic mass is 10.1. The van der Waals surface area contributed by atoms with Crippen LogP contribution in [-0.2, 0) is 21.2 Å². The van der Waals surface area contributed by atoms with Crippen LogP contribution in [-0.4, -0.2) is 69.1 Å². The average molecular weight is 396 g/mol. The van der Waals surface area contributed by atoms with Gasteiger partial charge in [-0.05, 0) is 43.9 Å². The van der Waals surface area contributed by atoms with Gasteiger partial charge in [0.2, 0.25) is 10.0 Å². The number of hydrogen-bond acceptors (Lipinski definition) is 4. The molecule has 0 bridgehead atoms. The highest BCUT2D eigenvalue weighted by Gasteiger charge is 2.30. The zero-order valence-electron chi connectivity index (χ0n) is 15.9. The molecule has 1 atom stereocenters. The van der Waals surface area contributed by atoms with Crippen molar-refractivity contribution in [3.8, 4) is 0 Å². The van der Waals surface area contributed by atoms with E-state index in [4.69, 9.17) is 4.74 Å². The highest BCUT2D eigenvalue weighted by atomic mass is 32.2. The van der Waals surface area contributed by atoms with E-state index < -0.39 is 10.0 Å². The van der Waals surface area contributed by atoms with Gasteiger partial charge >= 0.3 is 6.03 Å². The standard InChI is InChI=1S/C19H29N3O4S/c1-16-4-2-3-11-22(16)27(24,25)18-7-5-17(6-8-18)9-10-20-19(23)21-12-14-26-15-13-21/h5-8,16H,2-4,9-15H2,1H3,(H,20,23). The molecule has 3 rings (SSSR count). The van der Waals surface area contributed by atoms with E-state index in [-0.39, 0.29) is 12.1 Å². The van der Waals surface area contributed by atoms with Crippen molar-refractivity contribution in [3.63, 3.8) is 0 Å². The van der Waals surface area contributed by atoms with E-state index in [1.807, 2.05) is 19.1 Å². The number of urea groups is 1. The summed E-state index contributed by atoms with van der Waals surface area (Å²) in [5.74, 6) is 0.